The topological polar surface area (TPSA) is 43.4 Å². The summed E-state index contributed by atoms with van der Waals surface area (Å²) < 4.78 is 4.60. The van der Waals surface area contributed by atoms with Crippen molar-refractivity contribution in [1.82, 2.24) is 0 Å². The number of methoxy groups -OCH3 is 1. The van der Waals surface area contributed by atoms with Crippen LogP contribution in [0, 0.1) is 11.3 Å². The third kappa shape index (κ3) is 1.24. The van der Waals surface area contributed by atoms with Crippen molar-refractivity contribution in [3.63, 3.8) is 0 Å². The Hall–Kier alpha value is -0.860. The molecule has 3 nitrogen and oxygen atoms in total. The zero-order valence-electron chi connectivity index (χ0n) is 7.72. The summed E-state index contributed by atoms with van der Waals surface area (Å²) in [6.45, 7) is 3.65. The highest BCUT2D eigenvalue weighted by atomic mass is 16.5. The minimum Gasteiger partial charge on any atom is -0.468 e. The van der Waals surface area contributed by atoms with Gasteiger partial charge in [0.1, 0.15) is 11.2 Å². The van der Waals surface area contributed by atoms with Crippen LogP contribution in [0.5, 0.6) is 0 Å². The first-order valence-corrected chi connectivity index (χ1v) is 4.12. The van der Waals surface area contributed by atoms with E-state index in [4.69, 9.17) is 0 Å². The molecule has 12 heavy (non-hydrogen) atoms. The molecule has 1 fully saturated rings. The summed E-state index contributed by atoms with van der Waals surface area (Å²) in [6.07, 6.45) is 1.13. The lowest BCUT2D eigenvalue weighted by Gasteiger charge is -2.18. The van der Waals surface area contributed by atoms with Gasteiger partial charge in [0.2, 0.25) is 0 Å². The number of ketones is 1. The van der Waals surface area contributed by atoms with Crippen molar-refractivity contribution in [2.24, 2.45) is 11.3 Å². The Kier molecular flexibility index (Phi) is 2.22. The highest BCUT2D eigenvalue weighted by molar-refractivity contribution is 6.04. The zero-order valence-corrected chi connectivity index (χ0v) is 7.72. The number of Topliss-reactive ketones (excluding diaryl/α,β-unsaturated/α-hetero) is 1. The number of ether oxygens (including phenoxy) is 1. The minimum absolute atomic E-state index is 0.0156. The predicted molar refractivity (Wildman–Crippen MR) is 43.5 cm³/mol. The summed E-state index contributed by atoms with van der Waals surface area (Å²) in [5, 5.41) is 0. The van der Waals surface area contributed by atoms with E-state index in [1.54, 1.807) is 6.92 Å². The summed E-state index contributed by atoms with van der Waals surface area (Å²) >= 11 is 0. The summed E-state index contributed by atoms with van der Waals surface area (Å²) in [6, 6.07) is 0. The first kappa shape index (κ1) is 9.23. The van der Waals surface area contributed by atoms with Crippen LogP contribution in [-0.4, -0.2) is 18.9 Å². The van der Waals surface area contributed by atoms with E-state index in [1.807, 2.05) is 6.92 Å². The molecule has 68 valence electrons. The molecule has 0 spiro atoms. The van der Waals surface area contributed by atoms with E-state index in [0.717, 1.165) is 0 Å². The average molecular weight is 170 g/mol. The number of hydrogen-bond donors (Lipinski definition) is 0. The molecule has 0 aliphatic heterocycles. The molecular weight excluding hydrogens is 156 g/mol. The predicted octanol–water partition coefficient (Wildman–Crippen LogP) is 1.16. The fourth-order valence-corrected chi connectivity index (χ4v) is 1.85. The van der Waals surface area contributed by atoms with Crippen molar-refractivity contribution >= 4 is 11.8 Å². The third-order valence-corrected chi connectivity index (χ3v) is 2.54. The van der Waals surface area contributed by atoms with Gasteiger partial charge in [-0.3, -0.25) is 9.59 Å². The molecular formula is C9H14O3. The van der Waals surface area contributed by atoms with Gasteiger partial charge in [0.05, 0.1) is 7.11 Å². The molecule has 2 atom stereocenters. The lowest BCUT2D eigenvalue weighted by atomic mass is 9.87. The molecule has 0 aromatic heterocycles. The first-order chi connectivity index (χ1) is 5.50. The Labute approximate surface area is 72.1 Å². The molecule has 0 radical (unpaired) electrons. The third-order valence-electron chi connectivity index (χ3n) is 2.54. The average Bonchev–Trinajstić information content (AvgIpc) is 2.26. The Balaban J connectivity index is 2.84. The van der Waals surface area contributed by atoms with Crippen molar-refractivity contribution < 1.29 is 14.3 Å². The number of carbonyl (C=O) groups excluding carboxylic acids is 2. The second-order valence-corrected chi connectivity index (χ2v) is 3.76. The highest BCUT2D eigenvalue weighted by Gasteiger charge is 2.48. The molecule has 0 amide bonds. The van der Waals surface area contributed by atoms with Gasteiger partial charge in [0.15, 0.2) is 0 Å². The molecule has 1 aliphatic rings. The maximum absolute atomic E-state index is 11.4. The van der Waals surface area contributed by atoms with Crippen LogP contribution >= 0.6 is 0 Å². The highest BCUT2D eigenvalue weighted by Crippen LogP contribution is 2.38. The number of rotatable bonds is 1. The van der Waals surface area contributed by atoms with Crippen LogP contribution < -0.4 is 0 Å². The second kappa shape index (κ2) is 2.88. The van der Waals surface area contributed by atoms with Crippen LogP contribution in [-0.2, 0) is 14.3 Å². The number of carbonyl (C=O) groups is 2. The van der Waals surface area contributed by atoms with E-state index in [2.05, 4.69) is 4.74 Å². The van der Waals surface area contributed by atoms with Crippen LogP contribution in [0.25, 0.3) is 0 Å². The van der Waals surface area contributed by atoms with Crippen molar-refractivity contribution in [1.29, 1.82) is 0 Å². The Morgan fingerprint density at radius 2 is 2.25 bits per heavy atom. The van der Waals surface area contributed by atoms with E-state index in [9.17, 15) is 9.59 Å². The summed E-state index contributed by atoms with van der Waals surface area (Å²) in [5.41, 5.74) is -0.867. The van der Waals surface area contributed by atoms with Gasteiger partial charge in [-0.15, -0.1) is 0 Å². The van der Waals surface area contributed by atoms with E-state index < -0.39 is 11.4 Å². The normalized spacial score (nSPS) is 35.2. The number of hydrogen-bond acceptors (Lipinski definition) is 3. The van der Waals surface area contributed by atoms with Gasteiger partial charge >= 0.3 is 5.97 Å². The van der Waals surface area contributed by atoms with Crippen LogP contribution in [0.4, 0.5) is 0 Å². The fourth-order valence-electron chi connectivity index (χ4n) is 1.85. The molecule has 0 aromatic rings. The Morgan fingerprint density at radius 3 is 2.58 bits per heavy atom. The summed E-state index contributed by atoms with van der Waals surface area (Å²) in [7, 11) is 1.32. The van der Waals surface area contributed by atoms with Gasteiger partial charge in [-0.2, -0.15) is 0 Å². The van der Waals surface area contributed by atoms with Gasteiger partial charge in [-0.25, -0.2) is 0 Å². The van der Waals surface area contributed by atoms with Crippen molar-refractivity contribution in [2.75, 3.05) is 7.11 Å². The fraction of sp³-hybridized carbons (Fsp3) is 0.778. The largest absolute Gasteiger partial charge is 0.468 e. The van der Waals surface area contributed by atoms with Gasteiger partial charge in [-0.05, 0) is 19.3 Å². The van der Waals surface area contributed by atoms with Crippen LogP contribution in [0.2, 0.25) is 0 Å². The monoisotopic (exact) mass is 170 g/mol. The van der Waals surface area contributed by atoms with Crippen LogP contribution in [0.1, 0.15) is 26.7 Å². The van der Waals surface area contributed by atoms with Gasteiger partial charge in [0.25, 0.3) is 0 Å². The molecule has 0 bridgehead atoms. The quantitative estimate of drug-likeness (QED) is 0.438. The maximum Gasteiger partial charge on any atom is 0.319 e. The molecule has 0 aromatic carbocycles. The zero-order chi connectivity index (χ0) is 9.35. The standard InChI is InChI=1S/C9H14O3/c1-6-4-7(10)9(2,5-6)8(11)12-3/h6H,4-5H2,1-3H3. The van der Waals surface area contributed by atoms with Crippen LogP contribution in [0.15, 0.2) is 0 Å². The molecule has 0 saturated heterocycles. The van der Waals surface area contributed by atoms with Crippen molar-refractivity contribution in [3.8, 4) is 0 Å². The smallest absolute Gasteiger partial charge is 0.319 e. The Morgan fingerprint density at radius 1 is 1.67 bits per heavy atom. The molecule has 1 rings (SSSR count). The SMILES string of the molecule is COC(=O)C1(C)CC(C)CC1=O. The minimum atomic E-state index is -0.867. The lowest BCUT2D eigenvalue weighted by molar-refractivity contribution is -0.155. The van der Waals surface area contributed by atoms with E-state index in [-0.39, 0.29) is 5.78 Å². The lowest BCUT2D eigenvalue weighted by Crippen LogP contribution is -2.32. The molecule has 3 heteroatoms. The maximum atomic E-state index is 11.4. The second-order valence-electron chi connectivity index (χ2n) is 3.76. The van der Waals surface area contributed by atoms with E-state index >= 15 is 0 Å². The van der Waals surface area contributed by atoms with Gasteiger partial charge < -0.3 is 4.74 Å². The van der Waals surface area contributed by atoms with E-state index in [1.165, 1.54) is 7.11 Å². The summed E-state index contributed by atoms with van der Waals surface area (Å²) in [5.74, 6) is -0.0692. The first-order valence-electron chi connectivity index (χ1n) is 4.12. The van der Waals surface area contributed by atoms with E-state index in [0.29, 0.717) is 18.8 Å². The summed E-state index contributed by atoms with van der Waals surface area (Å²) in [4.78, 5) is 22.7. The van der Waals surface area contributed by atoms with Crippen LogP contribution in [0.3, 0.4) is 0 Å². The van der Waals surface area contributed by atoms with Gasteiger partial charge in [0, 0.05) is 6.42 Å². The molecule has 1 aliphatic carbocycles. The Bertz CT molecular complexity index is 212. The van der Waals surface area contributed by atoms with Crippen molar-refractivity contribution in [3.05, 3.63) is 0 Å². The van der Waals surface area contributed by atoms with Gasteiger partial charge in [-0.1, -0.05) is 6.92 Å². The number of esters is 1. The molecule has 2 unspecified atom stereocenters. The molecule has 0 N–H and O–H groups in total. The molecule has 0 heterocycles. The van der Waals surface area contributed by atoms with Crippen molar-refractivity contribution in [2.45, 2.75) is 26.7 Å². The molecule has 1 saturated carbocycles.